The molecule has 0 rings (SSSR count). The van der Waals surface area contributed by atoms with Crippen LogP contribution in [-0.4, -0.2) is 23.2 Å². The molecule has 90 valence electrons. The Hall–Kier alpha value is -0.570. The molecule has 0 fully saturated rings. The van der Waals surface area contributed by atoms with Crippen LogP contribution in [0.2, 0.25) is 0 Å². The van der Waals surface area contributed by atoms with E-state index in [1.54, 1.807) is 0 Å². The first-order valence-electron chi connectivity index (χ1n) is 5.64. The van der Waals surface area contributed by atoms with Crippen molar-refractivity contribution in [3.05, 3.63) is 0 Å². The van der Waals surface area contributed by atoms with E-state index in [0.717, 1.165) is 6.42 Å². The Bertz CT molecular complexity index is 208. The highest BCUT2D eigenvalue weighted by atomic mass is 16.3. The van der Waals surface area contributed by atoms with E-state index in [9.17, 15) is 4.79 Å². The highest BCUT2D eigenvalue weighted by Gasteiger charge is 2.25. The number of aliphatic hydroxyl groups is 1. The van der Waals surface area contributed by atoms with Crippen molar-refractivity contribution in [3.63, 3.8) is 0 Å². The van der Waals surface area contributed by atoms with E-state index in [0.29, 0.717) is 12.8 Å². The lowest BCUT2D eigenvalue weighted by Gasteiger charge is -2.30. The molecule has 1 unspecified atom stereocenters. The lowest BCUT2D eigenvalue weighted by Crippen LogP contribution is -2.47. The lowest BCUT2D eigenvalue weighted by atomic mass is 9.89. The van der Waals surface area contributed by atoms with Gasteiger partial charge in [0.15, 0.2) is 0 Å². The van der Waals surface area contributed by atoms with Gasteiger partial charge in [0, 0.05) is 18.6 Å². The molecule has 0 aliphatic carbocycles. The van der Waals surface area contributed by atoms with Crippen molar-refractivity contribution in [2.45, 2.75) is 59.4 Å². The first-order chi connectivity index (χ1) is 6.72. The van der Waals surface area contributed by atoms with Crippen LogP contribution in [0.15, 0.2) is 0 Å². The summed E-state index contributed by atoms with van der Waals surface area (Å²) in [6.07, 6.45) is 1.97. The third kappa shape index (κ3) is 6.50. The lowest BCUT2D eigenvalue weighted by molar-refractivity contribution is -0.124. The minimum atomic E-state index is -0.267. The summed E-state index contributed by atoms with van der Waals surface area (Å²) in [5.41, 5.74) is -0.255. The van der Waals surface area contributed by atoms with Crippen LogP contribution in [0, 0.1) is 5.41 Å². The first-order valence-corrected chi connectivity index (χ1v) is 5.64. The van der Waals surface area contributed by atoms with Crippen LogP contribution >= 0.6 is 0 Å². The normalized spacial score (nSPS) is 15.9. The number of hydrogen-bond acceptors (Lipinski definition) is 2. The number of carbonyl (C=O) groups is 1. The molecule has 15 heavy (non-hydrogen) atoms. The Kier molecular flexibility index (Phi) is 5.29. The van der Waals surface area contributed by atoms with Crippen LogP contribution in [-0.2, 0) is 4.79 Å². The van der Waals surface area contributed by atoms with Gasteiger partial charge >= 0.3 is 0 Å². The maximum atomic E-state index is 11.7. The quantitative estimate of drug-likeness (QED) is 0.737. The molecule has 1 atom stereocenters. The number of aliphatic hydroxyl groups excluding tert-OH is 1. The van der Waals surface area contributed by atoms with Crippen molar-refractivity contribution in [1.82, 2.24) is 5.32 Å². The molecule has 1 amide bonds. The van der Waals surface area contributed by atoms with Crippen molar-refractivity contribution in [2.24, 2.45) is 5.41 Å². The van der Waals surface area contributed by atoms with Crippen molar-refractivity contribution in [3.8, 4) is 0 Å². The van der Waals surface area contributed by atoms with Gasteiger partial charge in [-0.05, 0) is 25.2 Å². The molecule has 0 bridgehead atoms. The zero-order valence-electron chi connectivity index (χ0n) is 10.7. The molecule has 0 aromatic heterocycles. The number of nitrogens with one attached hydrogen (secondary N) is 1. The van der Waals surface area contributed by atoms with E-state index in [-0.39, 0.29) is 23.5 Å². The smallest absolute Gasteiger partial charge is 0.220 e. The van der Waals surface area contributed by atoms with Gasteiger partial charge in [-0.2, -0.15) is 0 Å². The van der Waals surface area contributed by atoms with Crippen molar-refractivity contribution >= 4 is 5.91 Å². The predicted octanol–water partition coefficient (Wildman–Crippen LogP) is 2.09. The summed E-state index contributed by atoms with van der Waals surface area (Å²) < 4.78 is 0. The molecule has 0 saturated heterocycles. The number of rotatable bonds is 5. The second-order valence-corrected chi connectivity index (χ2v) is 5.67. The summed E-state index contributed by atoms with van der Waals surface area (Å²) in [7, 11) is 0. The van der Waals surface area contributed by atoms with Gasteiger partial charge in [-0.1, -0.05) is 27.7 Å². The van der Waals surface area contributed by atoms with E-state index >= 15 is 0 Å². The van der Waals surface area contributed by atoms with Crippen LogP contribution in [0.4, 0.5) is 0 Å². The second kappa shape index (κ2) is 5.50. The number of amides is 1. The average Bonchev–Trinajstić information content (AvgIpc) is 2.00. The van der Waals surface area contributed by atoms with Gasteiger partial charge in [0.25, 0.3) is 0 Å². The monoisotopic (exact) mass is 215 g/mol. The van der Waals surface area contributed by atoms with E-state index in [1.807, 2.05) is 34.6 Å². The van der Waals surface area contributed by atoms with Crippen LogP contribution in [0.3, 0.4) is 0 Å². The van der Waals surface area contributed by atoms with Gasteiger partial charge in [-0.3, -0.25) is 4.79 Å². The van der Waals surface area contributed by atoms with Crippen LogP contribution in [0.5, 0.6) is 0 Å². The van der Waals surface area contributed by atoms with Gasteiger partial charge in [-0.25, -0.2) is 0 Å². The molecule has 0 aliphatic heterocycles. The predicted molar refractivity (Wildman–Crippen MR) is 62.6 cm³/mol. The van der Waals surface area contributed by atoms with Gasteiger partial charge in [0.1, 0.15) is 0 Å². The molecule has 0 heterocycles. The molecule has 3 heteroatoms. The summed E-state index contributed by atoms with van der Waals surface area (Å²) in [4.78, 5) is 11.7. The van der Waals surface area contributed by atoms with Crippen LogP contribution in [0.25, 0.3) is 0 Å². The molecule has 0 spiro atoms. The minimum absolute atomic E-state index is 0.0119. The van der Waals surface area contributed by atoms with Crippen molar-refractivity contribution in [1.29, 1.82) is 0 Å². The molecule has 0 saturated carbocycles. The number of carbonyl (C=O) groups excluding carboxylic acids is 1. The zero-order valence-corrected chi connectivity index (χ0v) is 10.7. The molecule has 0 aromatic rings. The molecule has 3 nitrogen and oxygen atoms in total. The summed E-state index contributed by atoms with van der Waals surface area (Å²) in [5.74, 6) is 0.0697. The van der Waals surface area contributed by atoms with Gasteiger partial charge in [0.05, 0.1) is 0 Å². The topological polar surface area (TPSA) is 49.3 Å². The largest absolute Gasteiger partial charge is 0.396 e. The Balaban J connectivity index is 4.24. The Morgan fingerprint density at radius 1 is 1.27 bits per heavy atom. The fourth-order valence-electron chi connectivity index (χ4n) is 1.44. The molecular weight excluding hydrogens is 190 g/mol. The first kappa shape index (κ1) is 14.4. The summed E-state index contributed by atoms with van der Waals surface area (Å²) >= 11 is 0. The SMILES string of the molecule is CCC(C)(CCO)NC(=O)CC(C)(C)C. The average molecular weight is 215 g/mol. The fraction of sp³-hybridized carbons (Fsp3) is 0.917. The molecular formula is C12H25NO2. The minimum Gasteiger partial charge on any atom is -0.396 e. The highest BCUT2D eigenvalue weighted by molar-refractivity contribution is 5.77. The molecule has 2 N–H and O–H groups in total. The van der Waals surface area contributed by atoms with E-state index in [4.69, 9.17) is 5.11 Å². The standard InChI is InChI=1S/C12H25NO2/c1-6-12(5,7-8-14)13-10(15)9-11(2,3)4/h14H,6-9H2,1-5H3,(H,13,15). The molecule has 0 aliphatic rings. The van der Waals surface area contributed by atoms with E-state index in [1.165, 1.54) is 0 Å². The Morgan fingerprint density at radius 3 is 2.13 bits per heavy atom. The van der Waals surface area contributed by atoms with Gasteiger partial charge in [0.2, 0.25) is 5.91 Å². The maximum absolute atomic E-state index is 11.7. The zero-order chi connectivity index (χ0) is 12.1. The third-order valence-corrected chi connectivity index (χ3v) is 2.58. The number of hydrogen-bond donors (Lipinski definition) is 2. The summed E-state index contributed by atoms with van der Waals surface area (Å²) in [6.45, 7) is 10.2. The van der Waals surface area contributed by atoms with Gasteiger partial charge in [-0.15, -0.1) is 0 Å². The van der Waals surface area contributed by atoms with Gasteiger partial charge < -0.3 is 10.4 Å². The van der Waals surface area contributed by atoms with Crippen LogP contribution in [0.1, 0.15) is 53.9 Å². The third-order valence-electron chi connectivity index (χ3n) is 2.58. The van der Waals surface area contributed by atoms with Crippen LogP contribution < -0.4 is 5.32 Å². The maximum Gasteiger partial charge on any atom is 0.220 e. The summed E-state index contributed by atoms with van der Waals surface area (Å²) in [5, 5.41) is 11.9. The Labute approximate surface area is 93.3 Å². The van der Waals surface area contributed by atoms with Crippen molar-refractivity contribution < 1.29 is 9.90 Å². The fourth-order valence-corrected chi connectivity index (χ4v) is 1.44. The summed E-state index contributed by atoms with van der Waals surface area (Å²) in [6, 6.07) is 0. The highest BCUT2D eigenvalue weighted by Crippen LogP contribution is 2.20. The van der Waals surface area contributed by atoms with E-state index < -0.39 is 0 Å². The Morgan fingerprint density at radius 2 is 1.80 bits per heavy atom. The molecule has 0 radical (unpaired) electrons. The second-order valence-electron chi connectivity index (χ2n) is 5.67. The van der Waals surface area contributed by atoms with E-state index in [2.05, 4.69) is 5.32 Å². The molecule has 0 aromatic carbocycles. The van der Waals surface area contributed by atoms with Crippen molar-refractivity contribution in [2.75, 3.05) is 6.61 Å².